The zero-order chi connectivity index (χ0) is 21.6. The summed E-state index contributed by atoms with van der Waals surface area (Å²) < 4.78 is 18.2. The monoisotopic (exact) mass is 423 g/mol. The fourth-order valence-electron chi connectivity index (χ4n) is 4.28. The van der Waals surface area contributed by atoms with Crippen LogP contribution in [0.15, 0.2) is 39.9 Å². The summed E-state index contributed by atoms with van der Waals surface area (Å²) in [7, 11) is 1.71. The van der Waals surface area contributed by atoms with E-state index in [1.807, 2.05) is 26.0 Å². The van der Waals surface area contributed by atoms with Crippen LogP contribution in [0.25, 0.3) is 11.3 Å². The van der Waals surface area contributed by atoms with E-state index in [4.69, 9.17) is 14.0 Å². The number of aromatic nitrogens is 4. The molecule has 0 unspecified atom stereocenters. The van der Waals surface area contributed by atoms with Crippen molar-refractivity contribution in [3.63, 3.8) is 0 Å². The van der Waals surface area contributed by atoms with Crippen molar-refractivity contribution in [3.05, 3.63) is 58.0 Å². The maximum Gasteiger partial charge on any atom is 0.269 e. The maximum atomic E-state index is 12.8. The number of hydrogen-bond donors (Lipinski definition) is 0. The van der Waals surface area contributed by atoms with Gasteiger partial charge in [0.2, 0.25) is 0 Å². The summed E-state index contributed by atoms with van der Waals surface area (Å²) in [4.78, 5) is 19.2. The van der Waals surface area contributed by atoms with Crippen LogP contribution in [0.4, 0.5) is 5.69 Å². The first-order chi connectivity index (χ1) is 15.0. The number of rotatable bonds is 5. The van der Waals surface area contributed by atoms with Crippen LogP contribution < -0.4 is 10.5 Å². The largest absolute Gasteiger partial charge is 0.379 e. The van der Waals surface area contributed by atoms with Crippen molar-refractivity contribution in [2.75, 3.05) is 31.7 Å². The van der Waals surface area contributed by atoms with Gasteiger partial charge in [-0.15, -0.1) is 0 Å². The van der Waals surface area contributed by atoms with Gasteiger partial charge in [0.25, 0.3) is 5.56 Å². The lowest BCUT2D eigenvalue weighted by molar-refractivity contribution is -0.0209. The van der Waals surface area contributed by atoms with Crippen molar-refractivity contribution in [1.29, 1.82) is 0 Å². The van der Waals surface area contributed by atoms with Gasteiger partial charge in [-0.25, -0.2) is 4.68 Å². The zero-order valence-electron chi connectivity index (χ0n) is 17.9. The van der Waals surface area contributed by atoms with Gasteiger partial charge >= 0.3 is 0 Å². The smallest absolute Gasteiger partial charge is 0.269 e. The second kappa shape index (κ2) is 7.58. The molecule has 1 spiro atoms. The van der Waals surface area contributed by atoms with Gasteiger partial charge in [0.05, 0.1) is 31.1 Å². The van der Waals surface area contributed by atoms with E-state index in [1.165, 1.54) is 4.68 Å². The Bertz CT molecular complexity index is 1150. The number of anilines is 1. The summed E-state index contributed by atoms with van der Waals surface area (Å²) in [6, 6.07) is 5.49. The van der Waals surface area contributed by atoms with Gasteiger partial charge in [0.15, 0.2) is 0 Å². The van der Waals surface area contributed by atoms with Crippen LogP contribution in [0.5, 0.6) is 0 Å². The van der Waals surface area contributed by atoms with Crippen molar-refractivity contribution in [2.24, 2.45) is 0 Å². The molecule has 0 saturated carbocycles. The molecule has 31 heavy (non-hydrogen) atoms. The molecule has 0 aromatic carbocycles. The van der Waals surface area contributed by atoms with Crippen molar-refractivity contribution in [2.45, 2.75) is 38.5 Å². The molecule has 2 fully saturated rings. The van der Waals surface area contributed by atoms with E-state index in [2.05, 4.69) is 20.1 Å². The SMILES string of the molecule is CO[C@H]1COC2(C1)CN(c1cnn(Cc3c(-c4ccc(C)nc4)noc3C)c(=O)c1)C2. The molecule has 5 heterocycles. The number of hydrogen-bond acceptors (Lipinski definition) is 8. The number of methoxy groups -OCH3 is 1. The van der Waals surface area contributed by atoms with Crippen molar-refractivity contribution >= 4 is 5.69 Å². The molecular weight excluding hydrogens is 398 g/mol. The fourth-order valence-corrected chi connectivity index (χ4v) is 4.28. The van der Waals surface area contributed by atoms with Crippen LogP contribution in [0, 0.1) is 13.8 Å². The molecule has 0 radical (unpaired) electrons. The van der Waals surface area contributed by atoms with Crippen molar-refractivity contribution in [3.8, 4) is 11.3 Å². The van der Waals surface area contributed by atoms with E-state index >= 15 is 0 Å². The molecule has 0 N–H and O–H groups in total. The van der Waals surface area contributed by atoms with Gasteiger partial charge in [-0.1, -0.05) is 5.16 Å². The van der Waals surface area contributed by atoms with Gasteiger partial charge in [0, 0.05) is 55.7 Å². The highest BCUT2D eigenvalue weighted by Crippen LogP contribution is 2.38. The van der Waals surface area contributed by atoms with Gasteiger partial charge < -0.3 is 18.9 Å². The Balaban J connectivity index is 1.33. The molecule has 162 valence electrons. The average molecular weight is 423 g/mol. The van der Waals surface area contributed by atoms with Crippen LogP contribution >= 0.6 is 0 Å². The molecule has 3 aromatic rings. The van der Waals surface area contributed by atoms with E-state index < -0.39 is 0 Å². The Morgan fingerprint density at radius 3 is 2.77 bits per heavy atom. The van der Waals surface area contributed by atoms with Gasteiger partial charge in [0.1, 0.15) is 17.1 Å². The summed E-state index contributed by atoms with van der Waals surface area (Å²) in [5, 5.41) is 8.58. The molecule has 9 nitrogen and oxygen atoms in total. The minimum atomic E-state index is -0.172. The molecule has 1 atom stereocenters. The number of pyridine rings is 1. The topological polar surface area (TPSA) is 95.5 Å². The van der Waals surface area contributed by atoms with E-state index in [9.17, 15) is 4.79 Å². The minimum Gasteiger partial charge on any atom is -0.379 e. The lowest BCUT2D eigenvalue weighted by Gasteiger charge is -2.48. The number of ether oxygens (including phenoxy) is 2. The highest BCUT2D eigenvalue weighted by atomic mass is 16.6. The van der Waals surface area contributed by atoms with Crippen LogP contribution in [0.1, 0.15) is 23.4 Å². The highest BCUT2D eigenvalue weighted by Gasteiger charge is 2.50. The van der Waals surface area contributed by atoms with E-state index in [0.29, 0.717) is 18.1 Å². The Labute approximate surface area is 179 Å². The predicted octanol–water partition coefficient (Wildman–Crippen LogP) is 1.95. The maximum absolute atomic E-state index is 12.8. The normalized spacial score (nSPS) is 19.7. The molecule has 0 amide bonds. The molecule has 3 aromatic heterocycles. The van der Waals surface area contributed by atoms with Crippen molar-refractivity contribution in [1.82, 2.24) is 19.9 Å². The fraction of sp³-hybridized carbons (Fsp3) is 0.455. The second-order valence-corrected chi connectivity index (χ2v) is 8.38. The molecule has 9 heteroatoms. The first-order valence-corrected chi connectivity index (χ1v) is 10.3. The molecule has 0 aliphatic carbocycles. The summed E-state index contributed by atoms with van der Waals surface area (Å²) in [6.45, 7) is 6.15. The van der Waals surface area contributed by atoms with E-state index in [1.54, 1.807) is 25.6 Å². The molecule has 2 aliphatic heterocycles. The Morgan fingerprint density at radius 1 is 1.26 bits per heavy atom. The summed E-state index contributed by atoms with van der Waals surface area (Å²) in [5.41, 5.74) is 3.74. The number of nitrogens with zero attached hydrogens (tertiary/aromatic N) is 5. The summed E-state index contributed by atoms with van der Waals surface area (Å²) >= 11 is 0. The quantitative estimate of drug-likeness (QED) is 0.615. The van der Waals surface area contributed by atoms with Gasteiger partial charge in [-0.3, -0.25) is 9.78 Å². The Hall–Kier alpha value is -3.04. The predicted molar refractivity (Wildman–Crippen MR) is 113 cm³/mol. The van der Waals surface area contributed by atoms with Gasteiger partial charge in [-0.05, 0) is 26.0 Å². The zero-order valence-corrected chi connectivity index (χ0v) is 17.9. The van der Waals surface area contributed by atoms with Crippen molar-refractivity contribution < 1.29 is 14.0 Å². The molecule has 2 aliphatic rings. The third-order valence-corrected chi connectivity index (χ3v) is 6.16. The minimum absolute atomic E-state index is 0.151. The van der Waals surface area contributed by atoms with Gasteiger partial charge in [-0.2, -0.15) is 5.10 Å². The lowest BCUT2D eigenvalue weighted by atomic mass is 9.90. The number of aryl methyl sites for hydroxylation is 2. The average Bonchev–Trinajstić information content (AvgIpc) is 3.33. The highest BCUT2D eigenvalue weighted by molar-refractivity contribution is 5.62. The molecule has 2 saturated heterocycles. The second-order valence-electron chi connectivity index (χ2n) is 8.38. The Kier molecular flexibility index (Phi) is 4.86. The van der Waals surface area contributed by atoms with E-state index in [0.717, 1.165) is 42.0 Å². The Morgan fingerprint density at radius 2 is 2.10 bits per heavy atom. The van der Waals surface area contributed by atoms with Crippen LogP contribution in [0.3, 0.4) is 0 Å². The van der Waals surface area contributed by atoms with Crippen LogP contribution in [0.2, 0.25) is 0 Å². The summed E-state index contributed by atoms with van der Waals surface area (Å²) in [5.74, 6) is 0.657. The first kappa shape index (κ1) is 19.9. The summed E-state index contributed by atoms with van der Waals surface area (Å²) in [6.07, 6.45) is 4.52. The van der Waals surface area contributed by atoms with Crippen LogP contribution in [-0.2, 0) is 16.0 Å². The van der Waals surface area contributed by atoms with E-state index in [-0.39, 0.29) is 23.8 Å². The third kappa shape index (κ3) is 3.64. The molecule has 0 bridgehead atoms. The molecule has 5 rings (SSSR count). The third-order valence-electron chi connectivity index (χ3n) is 6.16. The lowest BCUT2D eigenvalue weighted by Crippen LogP contribution is -2.62. The van der Waals surface area contributed by atoms with Crippen LogP contribution in [-0.4, -0.2) is 58.4 Å². The first-order valence-electron chi connectivity index (χ1n) is 10.3. The molecular formula is C22H25N5O4. The standard InChI is InChI=1S/C22H25N5O4/c1-14-4-5-16(8-23-14)21-19(15(2)31-25-21)10-27-20(28)6-17(9-24-27)26-12-22(13-26)7-18(29-3)11-30-22/h4-6,8-9,18H,7,10-13H2,1-3H3/t18-/m1/s1.